The molecule has 4 heteroatoms. The topological polar surface area (TPSA) is 49.3 Å². The number of rotatable bonds is 3. The number of hydrogen-bond donors (Lipinski definition) is 2. The largest absolute Gasteiger partial charge is 0.394 e. The molecule has 1 aromatic rings. The van der Waals surface area contributed by atoms with Gasteiger partial charge in [0.15, 0.2) is 0 Å². The first-order chi connectivity index (χ1) is 9.46. The molecule has 1 amide bonds. The summed E-state index contributed by atoms with van der Waals surface area (Å²) in [6, 6.07) is 5.39. The van der Waals surface area contributed by atoms with Crippen LogP contribution in [-0.4, -0.2) is 23.2 Å². The highest BCUT2D eigenvalue weighted by Gasteiger charge is 2.35. The Labute approximate surface area is 125 Å². The summed E-state index contributed by atoms with van der Waals surface area (Å²) in [6.45, 7) is 4.13. The van der Waals surface area contributed by atoms with Gasteiger partial charge in [0, 0.05) is 0 Å². The van der Waals surface area contributed by atoms with E-state index in [1.807, 2.05) is 13.0 Å². The van der Waals surface area contributed by atoms with Crippen LogP contribution in [-0.2, 0) is 0 Å². The fourth-order valence-corrected chi connectivity index (χ4v) is 3.07. The smallest absolute Gasteiger partial charge is 0.253 e. The number of amides is 1. The highest BCUT2D eigenvalue weighted by atomic mass is 35.5. The molecule has 0 saturated heterocycles. The highest BCUT2D eigenvalue weighted by molar-refractivity contribution is 6.33. The molecule has 0 spiro atoms. The number of aliphatic hydroxyl groups excluding tert-OH is 1. The normalized spacial score (nSPS) is 26.3. The van der Waals surface area contributed by atoms with Crippen LogP contribution >= 0.6 is 11.6 Å². The van der Waals surface area contributed by atoms with E-state index >= 15 is 0 Å². The second-order valence-electron chi connectivity index (χ2n) is 6.06. The first kappa shape index (κ1) is 15.3. The molecule has 1 aliphatic rings. The Balaban J connectivity index is 2.13. The van der Waals surface area contributed by atoms with E-state index < -0.39 is 5.54 Å². The van der Waals surface area contributed by atoms with Gasteiger partial charge in [0.1, 0.15) is 0 Å². The lowest BCUT2D eigenvalue weighted by Crippen LogP contribution is -2.53. The molecule has 0 radical (unpaired) electrons. The van der Waals surface area contributed by atoms with Gasteiger partial charge >= 0.3 is 0 Å². The zero-order chi connectivity index (χ0) is 14.8. The highest BCUT2D eigenvalue weighted by Crippen LogP contribution is 2.32. The van der Waals surface area contributed by atoms with E-state index in [2.05, 4.69) is 12.2 Å². The lowest BCUT2D eigenvalue weighted by molar-refractivity contribution is 0.0717. The number of carbonyl (C=O) groups is 1. The zero-order valence-corrected chi connectivity index (χ0v) is 12.8. The van der Waals surface area contributed by atoms with Crippen LogP contribution in [0.3, 0.4) is 0 Å². The van der Waals surface area contributed by atoms with E-state index in [9.17, 15) is 9.90 Å². The molecule has 0 unspecified atom stereocenters. The van der Waals surface area contributed by atoms with Crippen molar-refractivity contribution in [3.63, 3.8) is 0 Å². The average Bonchev–Trinajstić information content (AvgIpc) is 2.41. The second kappa shape index (κ2) is 6.15. The Morgan fingerprint density at radius 3 is 2.65 bits per heavy atom. The number of nitrogens with one attached hydrogen (secondary N) is 1. The summed E-state index contributed by atoms with van der Waals surface area (Å²) < 4.78 is 0. The van der Waals surface area contributed by atoms with Gasteiger partial charge in [-0.1, -0.05) is 24.6 Å². The third kappa shape index (κ3) is 3.33. The third-order valence-electron chi connectivity index (χ3n) is 4.28. The molecule has 1 saturated carbocycles. The molecule has 2 rings (SSSR count). The number of aliphatic hydroxyl groups is 1. The summed E-state index contributed by atoms with van der Waals surface area (Å²) in [5, 5.41) is 13.2. The van der Waals surface area contributed by atoms with Gasteiger partial charge < -0.3 is 10.4 Å². The van der Waals surface area contributed by atoms with Gasteiger partial charge in [0.25, 0.3) is 5.91 Å². The Morgan fingerprint density at radius 2 is 2.10 bits per heavy atom. The summed E-state index contributed by atoms with van der Waals surface area (Å²) in [5.41, 5.74) is 1.01. The van der Waals surface area contributed by atoms with Gasteiger partial charge in [-0.15, -0.1) is 0 Å². The summed E-state index contributed by atoms with van der Waals surface area (Å²) >= 11 is 6.13. The number of aryl methyl sites for hydroxylation is 1. The fraction of sp³-hybridized carbons (Fsp3) is 0.562. The minimum absolute atomic E-state index is 0.0189. The van der Waals surface area contributed by atoms with E-state index in [-0.39, 0.29) is 12.5 Å². The van der Waals surface area contributed by atoms with E-state index in [0.29, 0.717) is 16.5 Å². The Morgan fingerprint density at radius 1 is 1.45 bits per heavy atom. The van der Waals surface area contributed by atoms with Crippen LogP contribution in [0.2, 0.25) is 5.02 Å². The molecule has 3 nitrogen and oxygen atoms in total. The quantitative estimate of drug-likeness (QED) is 0.899. The third-order valence-corrected chi connectivity index (χ3v) is 4.59. The molecule has 1 fully saturated rings. The van der Waals surface area contributed by atoms with Crippen LogP contribution in [0.1, 0.15) is 48.5 Å². The van der Waals surface area contributed by atoms with Crippen molar-refractivity contribution in [2.75, 3.05) is 6.61 Å². The van der Waals surface area contributed by atoms with Crippen LogP contribution in [0.15, 0.2) is 18.2 Å². The lowest BCUT2D eigenvalue weighted by atomic mass is 9.77. The number of halogens is 1. The van der Waals surface area contributed by atoms with Crippen LogP contribution in [0, 0.1) is 12.8 Å². The monoisotopic (exact) mass is 295 g/mol. The van der Waals surface area contributed by atoms with E-state index in [1.165, 1.54) is 0 Å². The minimum Gasteiger partial charge on any atom is -0.394 e. The van der Waals surface area contributed by atoms with Gasteiger partial charge in [-0.3, -0.25) is 4.79 Å². The second-order valence-corrected chi connectivity index (χ2v) is 6.47. The molecular weight excluding hydrogens is 274 g/mol. The van der Waals surface area contributed by atoms with Gasteiger partial charge in [-0.2, -0.15) is 0 Å². The van der Waals surface area contributed by atoms with E-state index in [0.717, 1.165) is 31.2 Å². The first-order valence-corrected chi connectivity index (χ1v) is 7.53. The zero-order valence-electron chi connectivity index (χ0n) is 12.1. The molecule has 0 aromatic heterocycles. The lowest BCUT2D eigenvalue weighted by Gasteiger charge is -2.38. The predicted molar refractivity (Wildman–Crippen MR) is 81.1 cm³/mol. The van der Waals surface area contributed by atoms with Crippen LogP contribution in [0.4, 0.5) is 0 Å². The summed E-state index contributed by atoms with van der Waals surface area (Å²) in [4.78, 5) is 12.4. The SMILES string of the molecule is Cc1ccc(C(=O)NC2(CO)CCC(C)CC2)c(Cl)c1. The van der Waals surface area contributed by atoms with Crippen LogP contribution in [0.5, 0.6) is 0 Å². The molecule has 1 aromatic carbocycles. The minimum atomic E-state index is -0.488. The van der Waals surface area contributed by atoms with Crippen molar-refractivity contribution in [3.8, 4) is 0 Å². The van der Waals surface area contributed by atoms with Gasteiger partial charge in [0.2, 0.25) is 0 Å². The summed E-state index contributed by atoms with van der Waals surface area (Å²) in [6.07, 6.45) is 3.70. The molecule has 110 valence electrons. The molecule has 0 atom stereocenters. The molecular formula is C16H22ClNO2. The molecule has 2 N–H and O–H groups in total. The fourth-order valence-electron chi connectivity index (χ4n) is 2.75. The van der Waals surface area contributed by atoms with Crippen LogP contribution < -0.4 is 5.32 Å². The van der Waals surface area contributed by atoms with Crippen LogP contribution in [0.25, 0.3) is 0 Å². The standard InChI is InChI=1S/C16H22ClNO2/c1-11-5-7-16(10-19,8-6-11)18-15(20)13-4-3-12(2)9-14(13)17/h3-4,9,11,19H,5-8,10H2,1-2H3,(H,18,20). The Hall–Kier alpha value is -1.06. The van der Waals surface area contributed by atoms with Gasteiger partial charge in [-0.25, -0.2) is 0 Å². The molecule has 1 aliphatic carbocycles. The van der Waals surface area contributed by atoms with Crippen molar-refractivity contribution < 1.29 is 9.90 Å². The summed E-state index contributed by atoms with van der Waals surface area (Å²) in [7, 11) is 0. The van der Waals surface area contributed by atoms with Gasteiger partial charge in [-0.05, 0) is 56.2 Å². The van der Waals surface area contributed by atoms with E-state index in [1.54, 1.807) is 12.1 Å². The summed E-state index contributed by atoms with van der Waals surface area (Å²) in [5.74, 6) is 0.466. The molecule has 0 bridgehead atoms. The molecule has 0 aliphatic heterocycles. The molecule has 20 heavy (non-hydrogen) atoms. The predicted octanol–water partition coefficient (Wildman–Crippen LogP) is 3.32. The van der Waals surface area contributed by atoms with Crippen molar-refractivity contribution in [2.24, 2.45) is 5.92 Å². The maximum Gasteiger partial charge on any atom is 0.253 e. The Kier molecular flexibility index (Phi) is 4.71. The maximum absolute atomic E-state index is 12.4. The van der Waals surface area contributed by atoms with Crippen molar-refractivity contribution in [1.82, 2.24) is 5.32 Å². The van der Waals surface area contributed by atoms with E-state index in [4.69, 9.17) is 11.6 Å². The van der Waals surface area contributed by atoms with Crippen molar-refractivity contribution in [3.05, 3.63) is 34.3 Å². The average molecular weight is 296 g/mol. The molecule has 0 heterocycles. The number of benzene rings is 1. The number of hydrogen-bond acceptors (Lipinski definition) is 2. The van der Waals surface area contributed by atoms with Gasteiger partial charge in [0.05, 0.1) is 22.7 Å². The number of carbonyl (C=O) groups excluding carboxylic acids is 1. The van der Waals surface area contributed by atoms with Crippen molar-refractivity contribution in [1.29, 1.82) is 0 Å². The maximum atomic E-state index is 12.4. The first-order valence-electron chi connectivity index (χ1n) is 7.15. The van der Waals surface area contributed by atoms with Crippen molar-refractivity contribution in [2.45, 2.75) is 45.1 Å². The Bertz CT molecular complexity index is 493. The van der Waals surface area contributed by atoms with Crippen molar-refractivity contribution >= 4 is 17.5 Å².